The van der Waals surface area contributed by atoms with E-state index in [9.17, 15) is 9.18 Å². The summed E-state index contributed by atoms with van der Waals surface area (Å²) in [5.74, 6) is -0.467. The smallest absolute Gasteiger partial charge is 0.155 e. The molecule has 0 radical (unpaired) electrons. The van der Waals surface area contributed by atoms with Gasteiger partial charge in [0.2, 0.25) is 0 Å². The van der Waals surface area contributed by atoms with Crippen LogP contribution >= 0.6 is 0 Å². The van der Waals surface area contributed by atoms with Crippen LogP contribution in [0.2, 0.25) is 0 Å². The van der Waals surface area contributed by atoms with Crippen LogP contribution in [0.15, 0.2) is 18.2 Å². The number of carbonyl (C=O) groups excluding carboxylic acids is 1. The Morgan fingerprint density at radius 2 is 1.94 bits per heavy atom. The second-order valence-electron chi connectivity index (χ2n) is 5.44. The summed E-state index contributed by atoms with van der Waals surface area (Å²) in [5, 5.41) is 0. The van der Waals surface area contributed by atoms with Gasteiger partial charge in [0.05, 0.1) is 11.3 Å². The molecule has 0 heterocycles. The van der Waals surface area contributed by atoms with Crippen molar-refractivity contribution >= 4 is 12.0 Å². The van der Waals surface area contributed by atoms with Gasteiger partial charge in [-0.1, -0.05) is 26.8 Å². The van der Waals surface area contributed by atoms with Crippen LogP contribution in [0.4, 0.5) is 10.1 Å². The van der Waals surface area contributed by atoms with Gasteiger partial charge in [0, 0.05) is 13.1 Å². The van der Waals surface area contributed by atoms with Crippen LogP contribution in [0.5, 0.6) is 0 Å². The quantitative estimate of drug-likeness (QED) is 0.750. The molecule has 1 aromatic carbocycles. The fourth-order valence-electron chi connectivity index (χ4n) is 1.74. The molecule has 0 saturated heterocycles. The standard InChI is InChI=1S/C14H20FNO/c1-10(14(2,3)4)16(5)13-8-6-7-12(15)11(13)9-17/h6-10H,1-5H3. The van der Waals surface area contributed by atoms with E-state index in [4.69, 9.17) is 0 Å². The van der Waals surface area contributed by atoms with E-state index in [1.807, 2.05) is 11.9 Å². The number of nitrogens with zero attached hydrogens (tertiary/aromatic N) is 1. The third kappa shape index (κ3) is 2.84. The molecular formula is C14H20FNO. The zero-order valence-corrected chi connectivity index (χ0v) is 11.1. The van der Waals surface area contributed by atoms with Crippen LogP contribution in [0.1, 0.15) is 38.1 Å². The van der Waals surface area contributed by atoms with Gasteiger partial charge >= 0.3 is 0 Å². The fourth-order valence-corrected chi connectivity index (χ4v) is 1.74. The predicted molar refractivity (Wildman–Crippen MR) is 69.1 cm³/mol. The van der Waals surface area contributed by atoms with E-state index < -0.39 is 5.82 Å². The van der Waals surface area contributed by atoms with E-state index in [2.05, 4.69) is 27.7 Å². The molecule has 0 bridgehead atoms. The van der Waals surface area contributed by atoms with Crippen molar-refractivity contribution < 1.29 is 9.18 Å². The molecule has 0 aromatic heterocycles. The Morgan fingerprint density at radius 1 is 1.35 bits per heavy atom. The van der Waals surface area contributed by atoms with Gasteiger partial charge in [-0.2, -0.15) is 0 Å². The van der Waals surface area contributed by atoms with Gasteiger partial charge in [0.1, 0.15) is 5.82 Å². The number of hydrogen-bond acceptors (Lipinski definition) is 2. The molecule has 0 aliphatic carbocycles. The molecule has 0 saturated carbocycles. The average Bonchev–Trinajstić information content (AvgIpc) is 2.25. The molecule has 17 heavy (non-hydrogen) atoms. The van der Waals surface area contributed by atoms with E-state index in [-0.39, 0.29) is 17.0 Å². The second-order valence-corrected chi connectivity index (χ2v) is 5.44. The fraction of sp³-hybridized carbons (Fsp3) is 0.500. The number of benzene rings is 1. The van der Waals surface area contributed by atoms with Gasteiger partial charge in [-0.25, -0.2) is 4.39 Å². The normalized spacial score (nSPS) is 13.3. The molecule has 0 fully saturated rings. The lowest BCUT2D eigenvalue weighted by atomic mass is 9.86. The Balaban J connectivity index is 3.17. The SMILES string of the molecule is CC(N(C)c1cccc(F)c1C=O)C(C)(C)C. The van der Waals surface area contributed by atoms with E-state index in [1.54, 1.807) is 12.1 Å². The zero-order chi connectivity index (χ0) is 13.2. The Morgan fingerprint density at radius 3 is 2.41 bits per heavy atom. The van der Waals surface area contributed by atoms with Crippen LogP contribution < -0.4 is 4.90 Å². The van der Waals surface area contributed by atoms with Gasteiger partial charge in [0.25, 0.3) is 0 Å². The van der Waals surface area contributed by atoms with Gasteiger partial charge in [-0.3, -0.25) is 4.79 Å². The molecule has 0 aliphatic heterocycles. The maximum atomic E-state index is 13.5. The number of hydrogen-bond donors (Lipinski definition) is 0. The van der Waals surface area contributed by atoms with Gasteiger partial charge in [-0.05, 0) is 24.5 Å². The average molecular weight is 237 g/mol. The number of aldehydes is 1. The lowest BCUT2D eigenvalue weighted by molar-refractivity contribution is 0.112. The summed E-state index contributed by atoms with van der Waals surface area (Å²) in [5.41, 5.74) is 0.829. The number of rotatable bonds is 3. The van der Waals surface area contributed by atoms with Crippen molar-refractivity contribution in [1.29, 1.82) is 0 Å². The van der Waals surface area contributed by atoms with Crippen LogP contribution in [-0.4, -0.2) is 19.4 Å². The van der Waals surface area contributed by atoms with Crippen molar-refractivity contribution in [2.45, 2.75) is 33.7 Å². The van der Waals surface area contributed by atoms with Gasteiger partial charge < -0.3 is 4.90 Å². The highest BCUT2D eigenvalue weighted by Crippen LogP contribution is 2.29. The first kappa shape index (κ1) is 13.7. The first-order valence-corrected chi connectivity index (χ1v) is 5.75. The number of halogens is 1. The topological polar surface area (TPSA) is 20.3 Å². The Hall–Kier alpha value is -1.38. The molecule has 0 spiro atoms. The molecule has 1 aromatic rings. The molecule has 1 rings (SSSR count). The lowest BCUT2D eigenvalue weighted by Gasteiger charge is -2.37. The summed E-state index contributed by atoms with van der Waals surface area (Å²) in [7, 11) is 1.89. The number of carbonyl (C=O) groups is 1. The van der Waals surface area contributed by atoms with Crippen LogP contribution in [0.3, 0.4) is 0 Å². The third-order valence-electron chi connectivity index (χ3n) is 3.36. The molecule has 1 unspecified atom stereocenters. The van der Waals surface area contributed by atoms with Gasteiger partial charge in [-0.15, -0.1) is 0 Å². The monoisotopic (exact) mass is 237 g/mol. The van der Waals surface area contributed by atoms with E-state index in [0.29, 0.717) is 12.0 Å². The highest BCUT2D eigenvalue weighted by atomic mass is 19.1. The summed E-state index contributed by atoms with van der Waals surface area (Å²) >= 11 is 0. The molecular weight excluding hydrogens is 217 g/mol. The van der Waals surface area contributed by atoms with Crippen molar-refractivity contribution in [2.75, 3.05) is 11.9 Å². The highest BCUT2D eigenvalue weighted by molar-refractivity contribution is 5.85. The van der Waals surface area contributed by atoms with E-state index >= 15 is 0 Å². The summed E-state index contributed by atoms with van der Waals surface area (Å²) in [6, 6.07) is 4.91. The molecule has 2 nitrogen and oxygen atoms in total. The summed E-state index contributed by atoms with van der Waals surface area (Å²) in [4.78, 5) is 12.9. The molecule has 1 atom stereocenters. The molecule has 0 aliphatic rings. The van der Waals surface area contributed by atoms with Crippen LogP contribution in [0, 0.1) is 11.2 Å². The third-order valence-corrected chi connectivity index (χ3v) is 3.36. The minimum atomic E-state index is -0.467. The minimum absolute atomic E-state index is 0.0568. The van der Waals surface area contributed by atoms with Gasteiger partial charge in [0.15, 0.2) is 6.29 Å². The summed E-state index contributed by atoms with van der Waals surface area (Å²) < 4.78 is 13.5. The van der Waals surface area contributed by atoms with Crippen molar-refractivity contribution in [3.63, 3.8) is 0 Å². The zero-order valence-electron chi connectivity index (χ0n) is 11.1. The van der Waals surface area contributed by atoms with Crippen LogP contribution in [0.25, 0.3) is 0 Å². The lowest BCUT2D eigenvalue weighted by Crippen LogP contribution is -2.39. The molecule has 0 N–H and O–H groups in total. The highest BCUT2D eigenvalue weighted by Gasteiger charge is 2.25. The van der Waals surface area contributed by atoms with E-state index in [1.165, 1.54) is 6.07 Å². The maximum absolute atomic E-state index is 13.5. The molecule has 0 amide bonds. The Labute approximate surface area is 102 Å². The van der Waals surface area contributed by atoms with Crippen molar-refractivity contribution in [3.05, 3.63) is 29.6 Å². The Bertz CT molecular complexity index is 409. The van der Waals surface area contributed by atoms with Crippen molar-refractivity contribution in [1.82, 2.24) is 0 Å². The largest absolute Gasteiger partial charge is 0.371 e. The predicted octanol–water partition coefficient (Wildman–Crippen LogP) is 3.51. The summed E-state index contributed by atoms with van der Waals surface area (Å²) in [6.07, 6.45) is 0.580. The number of anilines is 1. The minimum Gasteiger partial charge on any atom is -0.371 e. The van der Waals surface area contributed by atoms with Crippen LogP contribution in [-0.2, 0) is 0 Å². The van der Waals surface area contributed by atoms with E-state index in [0.717, 1.165) is 0 Å². The molecule has 94 valence electrons. The first-order valence-electron chi connectivity index (χ1n) is 5.75. The second kappa shape index (κ2) is 4.86. The maximum Gasteiger partial charge on any atom is 0.155 e. The van der Waals surface area contributed by atoms with Crippen molar-refractivity contribution in [2.24, 2.45) is 5.41 Å². The first-order chi connectivity index (χ1) is 7.79. The summed E-state index contributed by atoms with van der Waals surface area (Å²) in [6.45, 7) is 8.43. The van der Waals surface area contributed by atoms with Crippen molar-refractivity contribution in [3.8, 4) is 0 Å². The molecule has 3 heteroatoms. The Kier molecular flexibility index (Phi) is 3.91.